The Kier molecular flexibility index (Phi) is 6.49. The first-order valence-corrected chi connectivity index (χ1v) is 9.56. The second-order valence-electron chi connectivity index (χ2n) is 5.75. The predicted molar refractivity (Wildman–Crippen MR) is 115 cm³/mol. The normalized spacial score (nSPS) is 11.1. The van der Waals surface area contributed by atoms with Gasteiger partial charge in [-0.05, 0) is 70.1 Å². The summed E-state index contributed by atoms with van der Waals surface area (Å²) in [7, 11) is 0. The number of hydrogen-bond donors (Lipinski definition) is 0. The maximum Gasteiger partial charge on any atom is 0.133 e. The van der Waals surface area contributed by atoms with E-state index < -0.39 is 5.82 Å². The third-order valence-corrected chi connectivity index (χ3v) is 4.95. The lowest BCUT2D eigenvalue weighted by Crippen LogP contribution is -1.97. The van der Waals surface area contributed by atoms with Gasteiger partial charge in [-0.25, -0.2) is 4.39 Å². The van der Waals surface area contributed by atoms with Crippen molar-refractivity contribution in [1.82, 2.24) is 0 Å². The van der Waals surface area contributed by atoms with E-state index in [0.29, 0.717) is 11.6 Å². The zero-order valence-electron chi connectivity index (χ0n) is 14.1. The molecular formula is C22H14ClFINO. The van der Waals surface area contributed by atoms with Gasteiger partial charge in [-0.2, -0.15) is 5.26 Å². The van der Waals surface area contributed by atoms with Crippen LogP contribution in [0.2, 0.25) is 5.02 Å². The second-order valence-corrected chi connectivity index (χ2v) is 7.35. The minimum atomic E-state index is -0.414. The van der Waals surface area contributed by atoms with Crippen LogP contribution in [0.15, 0.2) is 66.7 Å². The molecule has 27 heavy (non-hydrogen) atoms. The van der Waals surface area contributed by atoms with E-state index in [1.807, 2.05) is 42.5 Å². The third kappa shape index (κ3) is 5.09. The molecule has 0 unspecified atom stereocenters. The van der Waals surface area contributed by atoms with E-state index in [1.54, 1.807) is 24.3 Å². The van der Waals surface area contributed by atoms with Crippen LogP contribution in [0.25, 0.3) is 11.6 Å². The Morgan fingerprint density at radius 2 is 1.85 bits per heavy atom. The van der Waals surface area contributed by atoms with Crippen molar-refractivity contribution in [2.75, 3.05) is 0 Å². The molecule has 0 spiro atoms. The maximum absolute atomic E-state index is 13.9. The third-order valence-electron chi connectivity index (χ3n) is 3.86. The molecule has 2 nitrogen and oxygen atoms in total. The van der Waals surface area contributed by atoms with Crippen molar-refractivity contribution in [1.29, 1.82) is 5.26 Å². The van der Waals surface area contributed by atoms with Crippen LogP contribution in [0.4, 0.5) is 4.39 Å². The lowest BCUT2D eigenvalue weighted by Gasteiger charge is -2.09. The molecule has 0 bridgehead atoms. The highest BCUT2D eigenvalue weighted by Gasteiger charge is 2.08. The van der Waals surface area contributed by atoms with Crippen LogP contribution in [-0.4, -0.2) is 0 Å². The number of ether oxygens (including phenoxy) is 1. The highest BCUT2D eigenvalue weighted by molar-refractivity contribution is 14.1. The molecule has 5 heteroatoms. The summed E-state index contributed by atoms with van der Waals surface area (Å²) in [4.78, 5) is 0. The van der Waals surface area contributed by atoms with Gasteiger partial charge in [0.05, 0.1) is 15.2 Å². The van der Waals surface area contributed by atoms with Crippen molar-refractivity contribution < 1.29 is 9.13 Å². The van der Waals surface area contributed by atoms with Gasteiger partial charge in [0, 0.05) is 10.6 Å². The zero-order valence-corrected chi connectivity index (χ0v) is 17.0. The summed E-state index contributed by atoms with van der Waals surface area (Å²) in [5, 5.41) is 10.1. The number of benzene rings is 3. The van der Waals surface area contributed by atoms with Crippen molar-refractivity contribution >= 4 is 45.8 Å². The monoisotopic (exact) mass is 489 g/mol. The van der Waals surface area contributed by atoms with Gasteiger partial charge in [-0.3, -0.25) is 0 Å². The van der Waals surface area contributed by atoms with Crippen LogP contribution in [0.3, 0.4) is 0 Å². The maximum atomic E-state index is 13.9. The average Bonchev–Trinajstić information content (AvgIpc) is 2.67. The Hall–Kier alpha value is -2.36. The van der Waals surface area contributed by atoms with Crippen LogP contribution in [0.5, 0.6) is 5.75 Å². The van der Waals surface area contributed by atoms with E-state index >= 15 is 0 Å². The molecule has 3 aromatic rings. The molecule has 0 fully saturated rings. The Bertz CT molecular complexity index is 1030. The first-order valence-electron chi connectivity index (χ1n) is 8.10. The highest BCUT2D eigenvalue weighted by Crippen LogP contribution is 2.26. The molecule has 0 radical (unpaired) electrons. The molecule has 0 amide bonds. The van der Waals surface area contributed by atoms with Gasteiger partial charge >= 0.3 is 0 Å². The number of rotatable bonds is 5. The van der Waals surface area contributed by atoms with Crippen molar-refractivity contribution in [3.63, 3.8) is 0 Å². The minimum Gasteiger partial charge on any atom is -0.488 e. The molecule has 0 saturated carbocycles. The van der Waals surface area contributed by atoms with Crippen molar-refractivity contribution in [2.24, 2.45) is 0 Å². The number of nitriles is 1. The van der Waals surface area contributed by atoms with Crippen LogP contribution in [-0.2, 0) is 6.61 Å². The Labute approximate surface area is 176 Å². The van der Waals surface area contributed by atoms with E-state index in [0.717, 1.165) is 20.4 Å². The largest absolute Gasteiger partial charge is 0.488 e. The van der Waals surface area contributed by atoms with Gasteiger partial charge < -0.3 is 4.74 Å². The molecule has 3 rings (SSSR count). The Morgan fingerprint density at radius 3 is 2.52 bits per heavy atom. The summed E-state index contributed by atoms with van der Waals surface area (Å²) in [5.41, 5.74) is 2.39. The fourth-order valence-corrected chi connectivity index (χ4v) is 3.30. The molecule has 0 aliphatic rings. The molecule has 0 aromatic heterocycles. The fourth-order valence-electron chi connectivity index (χ4n) is 2.48. The molecule has 3 aromatic carbocycles. The van der Waals surface area contributed by atoms with Gasteiger partial charge in [0.15, 0.2) is 0 Å². The van der Waals surface area contributed by atoms with Gasteiger partial charge in [-0.15, -0.1) is 0 Å². The molecule has 0 heterocycles. The van der Waals surface area contributed by atoms with Crippen LogP contribution in [0.1, 0.15) is 16.7 Å². The number of allylic oxidation sites excluding steroid dienone is 1. The van der Waals surface area contributed by atoms with Crippen LogP contribution < -0.4 is 4.74 Å². The van der Waals surface area contributed by atoms with E-state index in [1.165, 1.54) is 6.07 Å². The summed E-state index contributed by atoms with van der Waals surface area (Å²) < 4.78 is 20.7. The SMILES string of the molecule is N#CC(=Cc1ccc(OCc2ccc(Cl)cc2)c(I)c1)c1ccccc1F. The summed E-state index contributed by atoms with van der Waals surface area (Å²) in [6.45, 7) is 0.432. The van der Waals surface area contributed by atoms with E-state index in [-0.39, 0.29) is 11.1 Å². The second kappa shape index (κ2) is 9.03. The topological polar surface area (TPSA) is 33.0 Å². The standard InChI is InChI=1S/C22H14ClFINO/c23-18-8-5-15(6-9-18)14-27-22-10-7-16(12-21(22)25)11-17(13-26)19-3-1-2-4-20(19)24/h1-12H,14H2. The molecule has 0 N–H and O–H groups in total. The number of nitrogens with zero attached hydrogens (tertiary/aromatic N) is 1. The lowest BCUT2D eigenvalue weighted by atomic mass is 10.0. The summed E-state index contributed by atoms with van der Waals surface area (Å²) in [6.07, 6.45) is 1.67. The molecule has 134 valence electrons. The van der Waals surface area contributed by atoms with E-state index in [4.69, 9.17) is 16.3 Å². The number of hydrogen-bond acceptors (Lipinski definition) is 2. The lowest BCUT2D eigenvalue weighted by molar-refractivity contribution is 0.304. The molecule has 0 atom stereocenters. The number of halogens is 3. The first kappa shape index (κ1) is 19.4. The van der Waals surface area contributed by atoms with Gasteiger partial charge in [0.2, 0.25) is 0 Å². The summed E-state index contributed by atoms with van der Waals surface area (Å²) in [5.74, 6) is 0.329. The van der Waals surface area contributed by atoms with Crippen molar-refractivity contribution in [2.45, 2.75) is 6.61 Å². The van der Waals surface area contributed by atoms with Crippen molar-refractivity contribution in [3.05, 3.63) is 97.8 Å². The first-order chi connectivity index (χ1) is 13.1. The summed E-state index contributed by atoms with van der Waals surface area (Å²) >= 11 is 8.07. The van der Waals surface area contributed by atoms with Crippen LogP contribution >= 0.6 is 34.2 Å². The smallest absolute Gasteiger partial charge is 0.133 e. The molecule has 0 aliphatic carbocycles. The minimum absolute atomic E-state index is 0.277. The highest BCUT2D eigenvalue weighted by atomic mass is 127. The summed E-state index contributed by atoms with van der Waals surface area (Å²) in [6, 6.07) is 21.4. The predicted octanol–water partition coefficient (Wildman–Crippen LogP) is 6.73. The van der Waals surface area contributed by atoms with Gasteiger partial charge in [-0.1, -0.05) is 48.0 Å². The van der Waals surface area contributed by atoms with E-state index in [9.17, 15) is 9.65 Å². The van der Waals surface area contributed by atoms with Gasteiger partial charge in [0.1, 0.15) is 18.2 Å². The van der Waals surface area contributed by atoms with Crippen molar-refractivity contribution in [3.8, 4) is 11.8 Å². The Balaban J connectivity index is 1.78. The fraction of sp³-hybridized carbons (Fsp3) is 0.0455. The average molecular weight is 490 g/mol. The molecular weight excluding hydrogens is 476 g/mol. The van der Waals surface area contributed by atoms with E-state index in [2.05, 4.69) is 28.7 Å². The quantitative estimate of drug-likeness (QED) is 0.226. The molecule has 0 aliphatic heterocycles. The van der Waals surface area contributed by atoms with Gasteiger partial charge in [0.25, 0.3) is 0 Å². The molecule has 0 saturated heterocycles. The van der Waals surface area contributed by atoms with Crippen LogP contribution in [0, 0.1) is 20.7 Å². The Morgan fingerprint density at radius 1 is 1.11 bits per heavy atom. The zero-order chi connectivity index (χ0) is 19.2.